The summed E-state index contributed by atoms with van der Waals surface area (Å²) in [7, 11) is 1.84. The Morgan fingerprint density at radius 1 is 0.889 bits per heavy atom. The quantitative estimate of drug-likeness (QED) is 0.381. The van der Waals surface area contributed by atoms with Gasteiger partial charge in [0.2, 0.25) is 0 Å². The zero-order chi connectivity index (χ0) is 24.5. The molecule has 3 heterocycles. The molecule has 1 atom stereocenters. The highest BCUT2D eigenvalue weighted by Crippen LogP contribution is 2.47. The van der Waals surface area contributed by atoms with Gasteiger partial charge in [-0.15, -0.1) is 0 Å². The summed E-state index contributed by atoms with van der Waals surface area (Å²) < 4.78 is 8.15. The van der Waals surface area contributed by atoms with E-state index >= 15 is 0 Å². The first kappa shape index (κ1) is 24.1. The lowest BCUT2D eigenvalue weighted by molar-refractivity contribution is 0.0919. The molecule has 1 aliphatic carbocycles. The summed E-state index contributed by atoms with van der Waals surface area (Å²) in [6, 6.07) is 16.4. The fourth-order valence-corrected chi connectivity index (χ4v) is 7.32. The summed E-state index contributed by atoms with van der Waals surface area (Å²) >= 11 is 0. The highest BCUT2D eigenvalue weighted by Gasteiger charge is 2.30. The number of aryl methyl sites for hydroxylation is 1. The van der Waals surface area contributed by atoms with E-state index in [-0.39, 0.29) is 0 Å². The Balaban J connectivity index is 1.36. The number of fused-ring (bicyclic) bond motifs is 5. The molecule has 0 spiro atoms. The summed E-state index contributed by atoms with van der Waals surface area (Å²) in [5, 5.41) is 1.50. The SMILES string of the molecule is COC[C@@H]1CCCN(CCN2CCn3c(c(C4CCCCC4)c4ccccc43)-c3ccc(C)cc32)C1. The van der Waals surface area contributed by atoms with Gasteiger partial charge in [-0.1, -0.05) is 49.6 Å². The van der Waals surface area contributed by atoms with Crippen molar-refractivity contribution in [1.82, 2.24) is 9.47 Å². The summed E-state index contributed by atoms with van der Waals surface area (Å²) in [5.41, 5.74) is 8.83. The minimum absolute atomic E-state index is 0.687. The first-order chi connectivity index (χ1) is 17.7. The van der Waals surface area contributed by atoms with Gasteiger partial charge in [-0.05, 0) is 74.2 Å². The largest absolute Gasteiger partial charge is 0.384 e. The molecule has 0 bridgehead atoms. The molecule has 1 saturated heterocycles. The van der Waals surface area contributed by atoms with Gasteiger partial charge >= 0.3 is 0 Å². The Morgan fingerprint density at radius 2 is 1.75 bits per heavy atom. The van der Waals surface area contributed by atoms with E-state index in [1.807, 2.05) is 7.11 Å². The van der Waals surface area contributed by atoms with Crippen LogP contribution in [0.5, 0.6) is 0 Å². The van der Waals surface area contributed by atoms with Crippen molar-refractivity contribution in [2.24, 2.45) is 5.92 Å². The summed E-state index contributed by atoms with van der Waals surface area (Å²) in [6.45, 7) is 9.92. The van der Waals surface area contributed by atoms with Gasteiger partial charge in [0.15, 0.2) is 0 Å². The predicted molar refractivity (Wildman–Crippen MR) is 151 cm³/mol. The van der Waals surface area contributed by atoms with Gasteiger partial charge in [0.25, 0.3) is 0 Å². The molecule has 4 heteroatoms. The molecule has 2 fully saturated rings. The molecule has 192 valence electrons. The molecule has 2 aliphatic heterocycles. The number of benzene rings is 2. The lowest BCUT2D eigenvalue weighted by Gasteiger charge is -2.34. The van der Waals surface area contributed by atoms with Crippen LogP contribution in [0.25, 0.3) is 22.2 Å². The van der Waals surface area contributed by atoms with Gasteiger partial charge in [-0.3, -0.25) is 0 Å². The second kappa shape index (κ2) is 10.6. The van der Waals surface area contributed by atoms with E-state index in [4.69, 9.17) is 4.74 Å². The van der Waals surface area contributed by atoms with Crippen molar-refractivity contribution in [2.75, 3.05) is 51.3 Å². The molecule has 36 heavy (non-hydrogen) atoms. The van der Waals surface area contributed by atoms with Crippen molar-refractivity contribution in [3.8, 4) is 11.3 Å². The van der Waals surface area contributed by atoms with Gasteiger partial charge in [0, 0.05) is 62.0 Å². The Labute approximate surface area is 217 Å². The third-order valence-corrected chi connectivity index (χ3v) is 9.06. The van der Waals surface area contributed by atoms with Crippen molar-refractivity contribution in [2.45, 2.75) is 64.3 Å². The molecule has 0 N–H and O–H groups in total. The fraction of sp³-hybridized carbons (Fsp3) is 0.562. The third-order valence-electron chi connectivity index (χ3n) is 9.06. The fourth-order valence-electron chi connectivity index (χ4n) is 7.32. The maximum absolute atomic E-state index is 5.48. The number of para-hydroxylation sites is 1. The number of likely N-dealkylation sites (tertiary alicyclic amines) is 1. The van der Waals surface area contributed by atoms with Crippen molar-refractivity contribution >= 4 is 16.6 Å². The highest BCUT2D eigenvalue weighted by molar-refractivity contribution is 5.95. The van der Waals surface area contributed by atoms with Crippen molar-refractivity contribution < 1.29 is 4.74 Å². The lowest BCUT2D eigenvalue weighted by Crippen LogP contribution is -2.42. The van der Waals surface area contributed by atoms with Crippen LogP contribution >= 0.6 is 0 Å². The normalized spacial score (nSPS) is 21.4. The lowest BCUT2D eigenvalue weighted by atomic mass is 9.81. The highest BCUT2D eigenvalue weighted by atomic mass is 16.5. The van der Waals surface area contributed by atoms with E-state index in [1.54, 1.807) is 5.56 Å². The average molecular weight is 486 g/mol. The number of hydrogen-bond donors (Lipinski definition) is 0. The van der Waals surface area contributed by atoms with Gasteiger partial charge in [0.05, 0.1) is 12.3 Å². The Hall–Kier alpha value is -2.30. The Morgan fingerprint density at radius 3 is 2.61 bits per heavy atom. The van der Waals surface area contributed by atoms with E-state index in [0.717, 1.165) is 32.8 Å². The third kappa shape index (κ3) is 4.59. The number of aromatic nitrogens is 1. The first-order valence-electron chi connectivity index (χ1n) is 14.4. The second-order valence-electron chi connectivity index (χ2n) is 11.5. The van der Waals surface area contributed by atoms with Crippen LogP contribution in [0.1, 0.15) is 62.0 Å². The summed E-state index contributed by atoms with van der Waals surface area (Å²) in [5.74, 6) is 1.37. The zero-order valence-corrected chi connectivity index (χ0v) is 22.3. The molecule has 1 aromatic heterocycles. The van der Waals surface area contributed by atoms with Gasteiger partial charge in [-0.25, -0.2) is 0 Å². The number of piperidine rings is 1. The molecule has 3 aliphatic rings. The molecule has 0 unspecified atom stereocenters. The molecular formula is C32H43N3O. The standard InChI is InChI=1S/C32H43N3O/c1-24-14-15-28-30(21-24)34(18-17-33-16-8-9-25(22-33)23-36-2)19-20-35-29-13-7-6-12-27(29)31(32(28)35)26-10-4-3-5-11-26/h6-7,12-15,21,25-26H,3-5,8-11,16-20,22-23H2,1-2H3/t25-/m1/s1. The number of anilines is 1. The van der Waals surface area contributed by atoms with Crippen molar-refractivity contribution in [3.05, 3.63) is 53.6 Å². The van der Waals surface area contributed by atoms with Crippen molar-refractivity contribution in [1.29, 1.82) is 0 Å². The second-order valence-corrected chi connectivity index (χ2v) is 11.5. The monoisotopic (exact) mass is 485 g/mol. The molecule has 0 amide bonds. The molecular weight excluding hydrogens is 442 g/mol. The van der Waals surface area contributed by atoms with Gasteiger partial charge in [-0.2, -0.15) is 0 Å². The van der Waals surface area contributed by atoms with Crippen LogP contribution in [0.4, 0.5) is 5.69 Å². The van der Waals surface area contributed by atoms with Crippen LogP contribution in [0.15, 0.2) is 42.5 Å². The molecule has 3 aromatic rings. The maximum atomic E-state index is 5.48. The average Bonchev–Trinajstić information content (AvgIpc) is 3.15. The van der Waals surface area contributed by atoms with Crippen LogP contribution < -0.4 is 4.90 Å². The number of rotatable bonds is 6. The van der Waals surface area contributed by atoms with E-state index in [2.05, 4.69) is 63.8 Å². The van der Waals surface area contributed by atoms with Gasteiger partial charge in [0.1, 0.15) is 0 Å². The summed E-state index contributed by atoms with van der Waals surface area (Å²) in [4.78, 5) is 5.37. The van der Waals surface area contributed by atoms with E-state index in [9.17, 15) is 0 Å². The molecule has 1 saturated carbocycles. The first-order valence-corrected chi connectivity index (χ1v) is 14.4. The Kier molecular flexibility index (Phi) is 7.08. The number of methoxy groups -OCH3 is 1. The number of hydrogen-bond acceptors (Lipinski definition) is 3. The van der Waals surface area contributed by atoms with Crippen LogP contribution in [0, 0.1) is 12.8 Å². The van der Waals surface area contributed by atoms with E-state index in [1.165, 1.54) is 91.4 Å². The van der Waals surface area contributed by atoms with Crippen molar-refractivity contribution in [3.63, 3.8) is 0 Å². The summed E-state index contributed by atoms with van der Waals surface area (Å²) in [6.07, 6.45) is 9.42. The van der Waals surface area contributed by atoms with Crippen LogP contribution in [-0.2, 0) is 11.3 Å². The van der Waals surface area contributed by atoms with E-state index < -0.39 is 0 Å². The minimum atomic E-state index is 0.687. The Bertz CT molecular complexity index is 1190. The zero-order valence-electron chi connectivity index (χ0n) is 22.3. The van der Waals surface area contributed by atoms with Crippen LogP contribution in [-0.4, -0.2) is 55.9 Å². The van der Waals surface area contributed by atoms with Gasteiger partial charge < -0.3 is 19.1 Å². The number of nitrogens with zero attached hydrogens (tertiary/aromatic N) is 3. The van der Waals surface area contributed by atoms with Crippen LogP contribution in [0.2, 0.25) is 0 Å². The van der Waals surface area contributed by atoms with Crippen LogP contribution in [0.3, 0.4) is 0 Å². The predicted octanol–water partition coefficient (Wildman–Crippen LogP) is 6.84. The minimum Gasteiger partial charge on any atom is -0.384 e. The maximum Gasteiger partial charge on any atom is 0.0548 e. The topological polar surface area (TPSA) is 20.6 Å². The number of ether oxygens (including phenoxy) is 1. The molecule has 2 aromatic carbocycles. The smallest absolute Gasteiger partial charge is 0.0548 e. The molecule has 0 radical (unpaired) electrons. The molecule has 4 nitrogen and oxygen atoms in total. The van der Waals surface area contributed by atoms with E-state index in [0.29, 0.717) is 11.8 Å². The molecule has 6 rings (SSSR count).